The molecule has 0 bridgehead atoms. The highest BCUT2D eigenvalue weighted by molar-refractivity contribution is 6.17. The number of amides is 1. The first-order valence-electron chi connectivity index (χ1n) is 4.90. The van der Waals surface area contributed by atoms with Crippen molar-refractivity contribution in [2.75, 3.05) is 26.3 Å². The number of ether oxygens (including phenoxy) is 2. The molecule has 0 aromatic rings. The van der Waals surface area contributed by atoms with Gasteiger partial charge in [0.05, 0.1) is 12.0 Å². The molecule has 0 saturated carbocycles. The first-order valence-corrected chi connectivity index (χ1v) is 5.43. The number of halogens is 1. The summed E-state index contributed by atoms with van der Waals surface area (Å²) in [5, 5.41) is 0. The van der Waals surface area contributed by atoms with Gasteiger partial charge in [0.2, 0.25) is 0 Å². The van der Waals surface area contributed by atoms with E-state index in [1.807, 2.05) is 0 Å². The van der Waals surface area contributed by atoms with Gasteiger partial charge in [-0.25, -0.2) is 4.79 Å². The van der Waals surface area contributed by atoms with E-state index in [-0.39, 0.29) is 25.2 Å². The third-order valence-corrected chi connectivity index (χ3v) is 1.87. The van der Waals surface area contributed by atoms with Crippen molar-refractivity contribution < 1.29 is 19.1 Å². The van der Waals surface area contributed by atoms with Crippen molar-refractivity contribution >= 4 is 23.7 Å². The Balaban J connectivity index is 3.82. The Morgan fingerprint density at radius 3 is 2.25 bits per heavy atom. The lowest BCUT2D eigenvalue weighted by Gasteiger charge is -2.19. The van der Waals surface area contributed by atoms with Crippen LogP contribution >= 0.6 is 11.6 Å². The minimum absolute atomic E-state index is 0.143. The number of likely N-dealkylation sites (N-methyl/N-ethyl adjacent to an activating group) is 1. The quantitative estimate of drug-likeness (QED) is 0.565. The van der Waals surface area contributed by atoms with Gasteiger partial charge in [-0.2, -0.15) is 0 Å². The van der Waals surface area contributed by atoms with Gasteiger partial charge in [0.15, 0.2) is 6.07 Å². The Kier molecular flexibility index (Phi) is 6.18. The smallest absolute Gasteiger partial charge is 0.410 e. The number of nitrogens with zero attached hydrogens (tertiary/aromatic N) is 1. The zero-order valence-corrected chi connectivity index (χ0v) is 10.8. The van der Waals surface area contributed by atoms with Gasteiger partial charge >= 0.3 is 12.1 Å². The monoisotopic (exact) mass is 251 g/mol. The van der Waals surface area contributed by atoms with E-state index in [4.69, 9.17) is 16.3 Å². The summed E-state index contributed by atoms with van der Waals surface area (Å²) in [6, 6.07) is -0.190. The Morgan fingerprint density at radius 2 is 1.81 bits per heavy atom. The fourth-order valence-corrected chi connectivity index (χ4v) is 0.833. The molecule has 16 heavy (non-hydrogen) atoms. The predicted molar refractivity (Wildman–Crippen MR) is 60.2 cm³/mol. The predicted octanol–water partition coefficient (Wildman–Crippen LogP) is 1.84. The first kappa shape index (κ1) is 15.0. The van der Waals surface area contributed by atoms with Crippen LogP contribution in [0.5, 0.6) is 0 Å². The van der Waals surface area contributed by atoms with Crippen LogP contribution in [0.3, 0.4) is 0 Å². The third-order valence-electron chi connectivity index (χ3n) is 1.76. The van der Waals surface area contributed by atoms with Crippen LogP contribution in [-0.2, 0) is 14.3 Å². The van der Waals surface area contributed by atoms with E-state index in [1.165, 1.54) is 4.90 Å². The zero-order valence-electron chi connectivity index (χ0n) is 10.1. The second kappa shape index (κ2) is 6.58. The van der Waals surface area contributed by atoms with E-state index in [1.54, 1.807) is 27.8 Å². The topological polar surface area (TPSA) is 55.8 Å². The maximum atomic E-state index is 11.4. The minimum Gasteiger partial charge on any atom is -0.463 e. The molecule has 0 saturated heterocycles. The lowest BCUT2D eigenvalue weighted by atomic mass is 9.97. The van der Waals surface area contributed by atoms with Crippen molar-refractivity contribution in [1.29, 1.82) is 0 Å². The molecule has 0 atom stereocenters. The highest BCUT2D eigenvalue weighted by Crippen LogP contribution is 2.14. The van der Waals surface area contributed by atoms with Gasteiger partial charge in [-0.3, -0.25) is 4.79 Å². The molecule has 0 N–H and O–H groups in total. The molecule has 0 aliphatic heterocycles. The lowest BCUT2D eigenvalue weighted by molar-refractivity contribution is -0.153. The summed E-state index contributed by atoms with van der Waals surface area (Å²) in [6.45, 7) is 5.71. The zero-order chi connectivity index (χ0) is 12.8. The van der Waals surface area contributed by atoms with Crippen LogP contribution in [0.25, 0.3) is 0 Å². The van der Waals surface area contributed by atoms with E-state index in [2.05, 4.69) is 4.74 Å². The summed E-state index contributed by atoms with van der Waals surface area (Å²) in [5.41, 5.74) is -0.533. The van der Waals surface area contributed by atoms with Crippen molar-refractivity contribution in [3.63, 3.8) is 0 Å². The molecular formula is C10H18ClNO4. The number of rotatable bonds is 4. The van der Waals surface area contributed by atoms with Crippen LogP contribution < -0.4 is 0 Å². The van der Waals surface area contributed by atoms with Gasteiger partial charge in [0.1, 0.15) is 6.61 Å². The number of esters is 1. The number of hydrogen-bond donors (Lipinski definition) is 0. The molecule has 0 aliphatic rings. The fraction of sp³-hybridized carbons (Fsp3) is 0.800. The largest absolute Gasteiger partial charge is 0.463 e. The van der Waals surface area contributed by atoms with Crippen LogP contribution in [0.15, 0.2) is 0 Å². The lowest BCUT2D eigenvalue weighted by Crippen LogP contribution is -2.32. The molecule has 0 aromatic heterocycles. The molecule has 6 heteroatoms. The van der Waals surface area contributed by atoms with Gasteiger partial charge in [-0.1, -0.05) is 11.6 Å². The Morgan fingerprint density at radius 1 is 1.25 bits per heavy atom. The maximum absolute atomic E-state index is 11.4. The van der Waals surface area contributed by atoms with Crippen LogP contribution in [0, 0.1) is 5.41 Å². The molecule has 0 aromatic carbocycles. The van der Waals surface area contributed by atoms with E-state index in [0.717, 1.165) is 0 Å². The standard InChI is InChI=1S/C10H18ClNO4/c1-10(2,3)8(13)15-6-5-12(4)9(14)16-7-11/h5-7H2,1-4H3. The minimum atomic E-state index is -0.540. The average Bonchev–Trinajstić information content (AvgIpc) is 2.16. The second-order valence-electron chi connectivity index (χ2n) is 4.33. The fourth-order valence-electron chi connectivity index (χ4n) is 0.740. The maximum Gasteiger partial charge on any atom is 0.410 e. The van der Waals surface area contributed by atoms with Gasteiger partial charge in [0.25, 0.3) is 0 Å². The molecule has 0 unspecified atom stereocenters. The van der Waals surface area contributed by atoms with Gasteiger partial charge < -0.3 is 14.4 Å². The molecular weight excluding hydrogens is 234 g/mol. The van der Waals surface area contributed by atoms with E-state index in [9.17, 15) is 9.59 Å². The third kappa shape index (κ3) is 5.80. The SMILES string of the molecule is CN(CCOC(=O)C(C)(C)C)C(=O)OCCl. The molecule has 0 fully saturated rings. The van der Waals surface area contributed by atoms with Gasteiger partial charge in [0, 0.05) is 7.05 Å². The number of alkyl halides is 1. The molecule has 0 heterocycles. The first-order chi connectivity index (χ1) is 7.29. The summed E-state index contributed by atoms with van der Waals surface area (Å²) in [4.78, 5) is 23.7. The van der Waals surface area contributed by atoms with Crippen LogP contribution in [0.2, 0.25) is 0 Å². The van der Waals surface area contributed by atoms with Crippen LogP contribution in [0.4, 0.5) is 4.79 Å². The number of hydrogen-bond acceptors (Lipinski definition) is 4. The number of carbonyl (C=O) groups excluding carboxylic acids is 2. The highest BCUT2D eigenvalue weighted by atomic mass is 35.5. The van der Waals surface area contributed by atoms with Crippen molar-refractivity contribution in [2.24, 2.45) is 5.41 Å². The summed E-state index contributed by atoms with van der Waals surface area (Å²) in [5.74, 6) is -0.299. The molecule has 0 rings (SSSR count). The second-order valence-corrected chi connectivity index (χ2v) is 4.55. The Hall–Kier alpha value is -0.970. The number of carbonyl (C=O) groups is 2. The molecule has 0 spiro atoms. The summed E-state index contributed by atoms with van der Waals surface area (Å²) in [6.07, 6.45) is -0.540. The normalized spacial score (nSPS) is 10.8. The van der Waals surface area contributed by atoms with Crippen LogP contribution in [0.1, 0.15) is 20.8 Å². The summed E-state index contributed by atoms with van der Waals surface area (Å²) in [7, 11) is 1.54. The Labute approximate surface area is 101 Å². The molecule has 94 valence electrons. The van der Waals surface area contributed by atoms with E-state index in [0.29, 0.717) is 0 Å². The highest BCUT2D eigenvalue weighted by Gasteiger charge is 2.23. The Bertz CT molecular complexity index is 250. The molecule has 0 aliphatic carbocycles. The van der Waals surface area contributed by atoms with Gasteiger partial charge in [-0.15, -0.1) is 0 Å². The van der Waals surface area contributed by atoms with Crippen molar-refractivity contribution in [1.82, 2.24) is 4.90 Å². The molecule has 1 amide bonds. The van der Waals surface area contributed by atoms with E-state index < -0.39 is 11.5 Å². The van der Waals surface area contributed by atoms with Crippen molar-refractivity contribution in [3.8, 4) is 0 Å². The molecule has 5 nitrogen and oxygen atoms in total. The summed E-state index contributed by atoms with van der Waals surface area (Å²) < 4.78 is 9.52. The molecule has 0 radical (unpaired) electrons. The van der Waals surface area contributed by atoms with E-state index >= 15 is 0 Å². The van der Waals surface area contributed by atoms with Gasteiger partial charge in [-0.05, 0) is 20.8 Å². The van der Waals surface area contributed by atoms with Crippen LogP contribution in [-0.4, -0.2) is 43.2 Å². The average molecular weight is 252 g/mol. The summed E-state index contributed by atoms with van der Waals surface area (Å²) >= 11 is 5.23. The van der Waals surface area contributed by atoms with Crippen molar-refractivity contribution in [2.45, 2.75) is 20.8 Å². The van der Waals surface area contributed by atoms with Crippen molar-refractivity contribution in [3.05, 3.63) is 0 Å².